The highest BCUT2D eigenvalue weighted by Crippen LogP contribution is 2.13. The summed E-state index contributed by atoms with van der Waals surface area (Å²) in [4.78, 5) is 28.8. The van der Waals surface area contributed by atoms with Crippen LogP contribution in [0.25, 0.3) is 5.65 Å². The van der Waals surface area contributed by atoms with E-state index in [1.54, 1.807) is 16.7 Å². The lowest BCUT2D eigenvalue weighted by atomic mass is 10.1. The first-order valence-electron chi connectivity index (χ1n) is 8.53. The molecular weight excluding hydrogens is 330 g/mol. The van der Waals surface area contributed by atoms with Crippen molar-refractivity contribution in [2.75, 3.05) is 5.32 Å². The minimum Gasteiger partial charge on any atom is -0.448 e. The number of hydrogen-bond donors (Lipinski definition) is 1. The second kappa shape index (κ2) is 7.39. The number of fused-ring (bicyclic) bond motifs is 1. The Balaban J connectivity index is 1.65. The molecule has 0 radical (unpaired) electrons. The van der Waals surface area contributed by atoms with Crippen molar-refractivity contribution >= 4 is 23.2 Å². The van der Waals surface area contributed by atoms with Crippen LogP contribution in [0.2, 0.25) is 0 Å². The van der Waals surface area contributed by atoms with Gasteiger partial charge in [0.05, 0.1) is 0 Å². The fourth-order valence-electron chi connectivity index (χ4n) is 2.59. The Kier molecular flexibility index (Phi) is 5.02. The quantitative estimate of drug-likeness (QED) is 0.715. The van der Waals surface area contributed by atoms with E-state index in [9.17, 15) is 9.59 Å². The van der Waals surface area contributed by atoms with Gasteiger partial charge in [0.2, 0.25) is 0 Å². The number of hydrogen-bond acceptors (Lipinski definition) is 4. The number of pyridine rings is 1. The van der Waals surface area contributed by atoms with Crippen LogP contribution in [-0.4, -0.2) is 27.4 Å². The number of carbonyl (C=O) groups is 2. The van der Waals surface area contributed by atoms with Crippen LogP contribution in [0.1, 0.15) is 35.6 Å². The maximum Gasteiger partial charge on any atom is 0.359 e. The van der Waals surface area contributed by atoms with Crippen LogP contribution in [0.15, 0.2) is 48.7 Å². The molecule has 0 saturated heterocycles. The van der Waals surface area contributed by atoms with Crippen molar-refractivity contribution in [2.24, 2.45) is 0 Å². The van der Waals surface area contributed by atoms with Crippen molar-refractivity contribution in [2.45, 2.75) is 33.3 Å². The third-order valence-electron chi connectivity index (χ3n) is 4.19. The number of esters is 1. The van der Waals surface area contributed by atoms with Crippen LogP contribution >= 0.6 is 0 Å². The fraction of sp³-hybridized carbons (Fsp3) is 0.250. The summed E-state index contributed by atoms with van der Waals surface area (Å²) >= 11 is 0. The third-order valence-corrected chi connectivity index (χ3v) is 4.19. The first-order valence-corrected chi connectivity index (χ1v) is 8.53. The molecule has 0 aliphatic rings. The van der Waals surface area contributed by atoms with Gasteiger partial charge in [-0.25, -0.2) is 9.78 Å². The molecule has 3 rings (SSSR count). The summed E-state index contributed by atoms with van der Waals surface area (Å²) in [5, 5.41) is 2.74. The van der Waals surface area contributed by atoms with Crippen molar-refractivity contribution in [3.63, 3.8) is 0 Å². The lowest BCUT2D eigenvalue weighted by Gasteiger charge is -2.13. The summed E-state index contributed by atoms with van der Waals surface area (Å²) in [6, 6.07) is 13.2. The average molecular weight is 351 g/mol. The number of nitrogens with zero attached hydrogens (tertiary/aromatic N) is 2. The number of anilines is 1. The van der Waals surface area contributed by atoms with Crippen LogP contribution in [0.3, 0.4) is 0 Å². The highest BCUT2D eigenvalue weighted by molar-refractivity contribution is 5.97. The Bertz CT molecular complexity index is 945. The SMILES string of the molecule is CCc1ccc(NC(=O)C(C)OC(=O)c2cn3c(C)cccc3n2)cc1. The van der Waals surface area contributed by atoms with E-state index in [1.807, 2.05) is 43.3 Å². The zero-order chi connectivity index (χ0) is 18.7. The van der Waals surface area contributed by atoms with Crippen LogP contribution in [-0.2, 0) is 16.0 Å². The summed E-state index contributed by atoms with van der Waals surface area (Å²) in [5.41, 5.74) is 3.63. The van der Waals surface area contributed by atoms with Crippen molar-refractivity contribution in [3.8, 4) is 0 Å². The lowest BCUT2D eigenvalue weighted by molar-refractivity contribution is -0.123. The van der Waals surface area contributed by atoms with Gasteiger partial charge in [-0.3, -0.25) is 4.79 Å². The summed E-state index contributed by atoms with van der Waals surface area (Å²) in [6.45, 7) is 5.52. The Morgan fingerprint density at radius 2 is 1.92 bits per heavy atom. The molecule has 3 aromatic rings. The second-order valence-corrected chi connectivity index (χ2v) is 6.11. The van der Waals surface area contributed by atoms with Gasteiger partial charge in [0.1, 0.15) is 5.65 Å². The Morgan fingerprint density at radius 3 is 2.58 bits per heavy atom. The van der Waals surface area contributed by atoms with Crippen molar-refractivity contribution in [1.29, 1.82) is 0 Å². The molecular formula is C20H21N3O3. The number of amides is 1. The monoisotopic (exact) mass is 351 g/mol. The topological polar surface area (TPSA) is 72.7 Å². The van der Waals surface area contributed by atoms with E-state index in [-0.39, 0.29) is 11.6 Å². The number of nitrogens with one attached hydrogen (secondary N) is 1. The maximum absolute atomic E-state index is 12.3. The molecule has 0 fully saturated rings. The predicted molar refractivity (Wildman–Crippen MR) is 99.3 cm³/mol. The number of benzene rings is 1. The standard InChI is InChI=1S/C20H21N3O3/c1-4-15-8-10-16(11-9-15)21-19(24)14(3)26-20(25)17-12-23-13(2)6-5-7-18(23)22-17/h5-12,14H,4H2,1-3H3,(H,21,24). The number of rotatable bonds is 5. The van der Waals surface area contributed by atoms with E-state index in [0.29, 0.717) is 11.3 Å². The second-order valence-electron chi connectivity index (χ2n) is 6.11. The lowest BCUT2D eigenvalue weighted by Crippen LogP contribution is -2.30. The minimum absolute atomic E-state index is 0.172. The van der Waals surface area contributed by atoms with Crippen molar-refractivity contribution in [1.82, 2.24) is 9.38 Å². The summed E-state index contributed by atoms with van der Waals surface area (Å²) in [7, 11) is 0. The fourth-order valence-corrected chi connectivity index (χ4v) is 2.59. The van der Waals surface area contributed by atoms with Gasteiger partial charge < -0.3 is 14.5 Å². The molecule has 0 spiro atoms. The number of imidazole rings is 1. The maximum atomic E-state index is 12.3. The molecule has 2 aromatic heterocycles. The van der Waals surface area contributed by atoms with Gasteiger partial charge in [-0.1, -0.05) is 25.1 Å². The predicted octanol–water partition coefficient (Wildman–Crippen LogP) is 3.39. The van der Waals surface area contributed by atoms with E-state index >= 15 is 0 Å². The molecule has 26 heavy (non-hydrogen) atoms. The number of carbonyl (C=O) groups excluding carboxylic acids is 2. The minimum atomic E-state index is -0.931. The smallest absolute Gasteiger partial charge is 0.359 e. The van der Waals surface area contributed by atoms with Crippen molar-refractivity contribution < 1.29 is 14.3 Å². The first kappa shape index (κ1) is 17.7. The van der Waals surface area contributed by atoms with Gasteiger partial charge >= 0.3 is 5.97 Å². The van der Waals surface area contributed by atoms with Crippen LogP contribution in [0.4, 0.5) is 5.69 Å². The average Bonchev–Trinajstić information content (AvgIpc) is 3.08. The van der Waals surface area contributed by atoms with E-state index < -0.39 is 12.1 Å². The molecule has 2 heterocycles. The highest BCUT2D eigenvalue weighted by atomic mass is 16.5. The molecule has 134 valence electrons. The van der Waals surface area contributed by atoms with Gasteiger partial charge in [0.25, 0.3) is 5.91 Å². The normalized spacial score (nSPS) is 12.0. The highest BCUT2D eigenvalue weighted by Gasteiger charge is 2.21. The van der Waals surface area contributed by atoms with E-state index in [4.69, 9.17) is 4.74 Å². The van der Waals surface area contributed by atoms with Gasteiger partial charge in [-0.05, 0) is 50.1 Å². The molecule has 0 aliphatic carbocycles. The zero-order valence-corrected chi connectivity index (χ0v) is 15.0. The summed E-state index contributed by atoms with van der Waals surface area (Å²) < 4.78 is 7.06. The molecule has 1 N–H and O–H groups in total. The molecule has 1 unspecified atom stereocenters. The molecule has 0 saturated carbocycles. The molecule has 1 atom stereocenters. The Hall–Kier alpha value is -3.15. The van der Waals surface area contributed by atoms with Gasteiger partial charge in [-0.15, -0.1) is 0 Å². The van der Waals surface area contributed by atoms with Crippen molar-refractivity contribution in [3.05, 3.63) is 65.6 Å². The number of ether oxygens (including phenoxy) is 1. The number of aryl methyl sites for hydroxylation is 2. The zero-order valence-electron chi connectivity index (χ0n) is 15.0. The number of aromatic nitrogens is 2. The molecule has 1 aromatic carbocycles. The van der Waals surface area contributed by atoms with Crippen LogP contribution in [0, 0.1) is 6.92 Å². The molecule has 0 bridgehead atoms. The molecule has 0 aliphatic heterocycles. The largest absolute Gasteiger partial charge is 0.448 e. The van der Waals surface area contributed by atoms with Gasteiger partial charge in [-0.2, -0.15) is 0 Å². The van der Waals surface area contributed by atoms with E-state index in [1.165, 1.54) is 12.5 Å². The summed E-state index contributed by atoms with van der Waals surface area (Å²) in [6.07, 6.45) is 1.61. The molecule has 6 heteroatoms. The van der Waals surface area contributed by atoms with E-state index in [0.717, 1.165) is 12.1 Å². The van der Waals surface area contributed by atoms with Gasteiger partial charge in [0.15, 0.2) is 11.8 Å². The molecule has 6 nitrogen and oxygen atoms in total. The van der Waals surface area contributed by atoms with Crippen LogP contribution < -0.4 is 5.32 Å². The first-order chi connectivity index (χ1) is 12.5. The van der Waals surface area contributed by atoms with Gasteiger partial charge in [0, 0.05) is 17.6 Å². The summed E-state index contributed by atoms with van der Waals surface area (Å²) in [5.74, 6) is -1.01. The Labute approximate surface area is 151 Å². The van der Waals surface area contributed by atoms with Crippen LogP contribution in [0.5, 0.6) is 0 Å². The third kappa shape index (κ3) is 3.74. The molecule has 1 amide bonds. The van der Waals surface area contributed by atoms with E-state index in [2.05, 4.69) is 17.2 Å². The Morgan fingerprint density at radius 1 is 1.19 bits per heavy atom.